The van der Waals surface area contributed by atoms with Crippen LogP contribution in [0.1, 0.15) is 11.3 Å². The molecule has 1 heterocycles. The van der Waals surface area contributed by atoms with Gasteiger partial charge < -0.3 is 10.1 Å². The highest BCUT2D eigenvalue weighted by Crippen LogP contribution is 2.21. The fraction of sp³-hybridized carbons (Fsp3) is 0.231. The van der Waals surface area contributed by atoms with Crippen molar-refractivity contribution < 1.29 is 4.74 Å². The van der Waals surface area contributed by atoms with E-state index in [9.17, 15) is 0 Å². The fourth-order valence-corrected chi connectivity index (χ4v) is 1.88. The number of aryl methyl sites for hydroxylation is 1. The van der Waals surface area contributed by atoms with E-state index in [1.54, 1.807) is 7.11 Å². The third kappa shape index (κ3) is 3.18. The van der Waals surface area contributed by atoms with Gasteiger partial charge in [0.25, 0.3) is 0 Å². The first-order valence-corrected chi connectivity index (χ1v) is 5.92. The molecule has 1 aromatic carbocycles. The minimum absolute atomic E-state index is 0.238. The molecule has 0 fully saturated rings. The first-order chi connectivity index (χ1) is 8.69. The zero-order chi connectivity index (χ0) is 13.0. The number of ether oxygens (including phenoxy) is 1. The summed E-state index contributed by atoms with van der Waals surface area (Å²) in [6.07, 6.45) is 0. The molecular weight excluding hydrogens is 250 g/mol. The Morgan fingerprint density at radius 2 is 2.06 bits per heavy atom. The minimum atomic E-state index is 0.238. The van der Waals surface area contributed by atoms with Gasteiger partial charge in [-0.05, 0) is 24.6 Å². The van der Waals surface area contributed by atoms with Crippen molar-refractivity contribution in [2.75, 3.05) is 12.4 Å². The van der Waals surface area contributed by atoms with Crippen molar-refractivity contribution in [3.05, 3.63) is 46.9 Å². The molecule has 0 aliphatic rings. The van der Waals surface area contributed by atoms with Crippen molar-refractivity contribution in [2.45, 2.75) is 13.5 Å². The molecule has 0 radical (unpaired) electrons. The molecule has 0 unspecified atom stereocenters. The Balaban J connectivity index is 2.27. The summed E-state index contributed by atoms with van der Waals surface area (Å²) in [6.45, 7) is 2.42. The van der Waals surface area contributed by atoms with Gasteiger partial charge in [0.2, 0.25) is 5.28 Å². The van der Waals surface area contributed by atoms with E-state index in [4.69, 9.17) is 16.3 Å². The van der Waals surface area contributed by atoms with Crippen LogP contribution in [0.25, 0.3) is 0 Å². The first kappa shape index (κ1) is 12.8. The Morgan fingerprint density at radius 1 is 1.28 bits per heavy atom. The summed E-state index contributed by atoms with van der Waals surface area (Å²) in [5.74, 6) is 0.677. The predicted molar refractivity (Wildman–Crippen MR) is 72.2 cm³/mol. The van der Waals surface area contributed by atoms with Crippen LogP contribution in [0.3, 0.4) is 0 Å². The Kier molecular flexibility index (Phi) is 4.12. The molecule has 0 bridgehead atoms. The lowest BCUT2D eigenvalue weighted by Gasteiger charge is -2.11. The summed E-state index contributed by atoms with van der Waals surface area (Å²) in [4.78, 5) is 8.16. The van der Waals surface area contributed by atoms with E-state index < -0.39 is 0 Å². The van der Waals surface area contributed by atoms with Crippen LogP contribution in [0.15, 0.2) is 30.3 Å². The molecule has 0 saturated carbocycles. The van der Waals surface area contributed by atoms with E-state index in [0.717, 1.165) is 16.9 Å². The number of benzene rings is 1. The number of hydrogen-bond acceptors (Lipinski definition) is 4. The number of rotatable bonds is 4. The van der Waals surface area contributed by atoms with Crippen molar-refractivity contribution in [2.24, 2.45) is 0 Å². The molecule has 2 aromatic rings. The maximum atomic E-state index is 5.83. The number of nitrogens with one attached hydrogen (secondary N) is 1. The number of para-hydroxylation sites is 1. The van der Waals surface area contributed by atoms with Crippen LogP contribution in [-0.4, -0.2) is 17.1 Å². The quantitative estimate of drug-likeness (QED) is 0.860. The normalized spacial score (nSPS) is 10.4. The molecule has 0 aliphatic carbocycles. The molecule has 4 nitrogen and oxygen atoms in total. The lowest BCUT2D eigenvalue weighted by atomic mass is 10.2. The number of aromatic nitrogens is 2. The second-order valence-corrected chi connectivity index (χ2v) is 4.22. The van der Waals surface area contributed by atoms with E-state index in [2.05, 4.69) is 15.3 Å². The lowest BCUT2D eigenvalue weighted by Crippen LogP contribution is -2.00. The molecule has 1 N–H and O–H groups in total. The van der Waals surface area contributed by atoms with Crippen LogP contribution in [0, 0.1) is 6.92 Å². The monoisotopic (exact) mass is 263 g/mol. The van der Waals surface area contributed by atoms with Crippen LogP contribution < -0.4 is 5.32 Å². The zero-order valence-corrected chi connectivity index (χ0v) is 11.0. The maximum Gasteiger partial charge on any atom is 0.224 e. The van der Waals surface area contributed by atoms with Crippen molar-refractivity contribution in [1.82, 2.24) is 9.97 Å². The summed E-state index contributed by atoms with van der Waals surface area (Å²) in [6, 6.07) is 9.74. The molecule has 5 heteroatoms. The molecule has 0 amide bonds. The average molecular weight is 264 g/mol. The fourth-order valence-electron chi connectivity index (χ4n) is 1.66. The van der Waals surface area contributed by atoms with E-state index >= 15 is 0 Å². The van der Waals surface area contributed by atoms with Crippen LogP contribution >= 0.6 is 11.6 Å². The van der Waals surface area contributed by atoms with E-state index in [1.165, 1.54) is 0 Å². The van der Waals surface area contributed by atoms with Gasteiger partial charge in [-0.15, -0.1) is 0 Å². The Labute approximate surface area is 111 Å². The smallest absolute Gasteiger partial charge is 0.224 e. The molecule has 1 aromatic heterocycles. The second-order valence-electron chi connectivity index (χ2n) is 3.88. The largest absolute Gasteiger partial charge is 0.380 e. The Morgan fingerprint density at radius 3 is 2.78 bits per heavy atom. The van der Waals surface area contributed by atoms with Gasteiger partial charge in [0.05, 0.1) is 6.61 Å². The molecule has 0 atom stereocenters. The van der Waals surface area contributed by atoms with Crippen molar-refractivity contribution in [3.8, 4) is 0 Å². The Hall–Kier alpha value is -1.65. The predicted octanol–water partition coefficient (Wildman–Crippen LogP) is 3.33. The molecule has 94 valence electrons. The van der Waals surface area contributed by atoms with Crippen LogP contribution in [0.4, 0.5) is 11.5 Å². The van der Waals surface area contributed by atoms with E-state index in [1.807, 2.05) is 37.3 Å². The molecule has 0 saturated heterocycles. The van der Waals surface area contributed by atoms with Gasteiger partial charge in [0.15, 0.2) is 0 Å². The van der Waals surface area contributed by atoms with Crippen molar-refractivity contribution >= 4 is 23.1 Å². The van der Waals surface area contributed by atoms with Crippen molar-refractivity contribution in [1.29, 1.82) is 0 Å². The topological polar surface area (TPSA) is 47.0 Å². The van der Waals surface area contributed by atoms with Gasteiger partial charge in [-0.2, -0.15) is 0 Å². The second kappa shape index (κ2) is 5.80. The number of methoxy groups -OCH3 is 1. The lowest BCUT2D eigenvalue weighted by molar-refractivity contribution is 0.185. The van der Waals surface area contributed by atoms with Gasteiger partial charge in [0.1, 0.15) is 5.82 Å². The summed E-state index contributed by atoms with van der Waals surface area (Å²) in [5, 5.41) is 3.46. The number of hydrogen-bond donors (Lipinski definition) is 1. The average Bonchev–Trinajstić information content (AvgIpc) is 2.30. The number of halogens is 1. The highest BCUT2D eigenvalue weighted by molar-refractivity contribution is 6.28. The van der Waals surface area contributed by atoms with Crippen LogP contribution in [0.5, 0.6) is 0 Å². The van der Waals surface area contributed by atoms with Gasteiger partial charge in [-0.3, -0.25) is 0 Å². The number of anilines is 2. The van der Waals surface area contributed by atoms with E-state index in [-0.39, 0.29) is 5.28 Å². The number of nitrogens with zero attached hydrogens (tertiary/aromatic N) is 2. The first-order valence-electron chi connectivity index (χ1n) is 5.54. The van der Waals surface area contributed by atoms with E-state index in [0.29, 0.717) is 12.4 Å². The molecule has 18 heavy (non-hydrogen) atoms. The third-order valence-corrected chi connectivity index (χ3v) is 2.58. The maximum absolute atomic E-state index is 5.83. The van der Waals surface area contributed by atoms with Gasteiger partial charge in [-0.25, -0.2) is 9.97 Å². The SMILES string of the molecule is COCc1ccccc1Nc1cc(C)nc(Cl)n1. The standard InChI is InChI=1S/C13H14ClN3O/c1-9-7-12(17-13(14)15-9)16-11-6-4-3-5-10(11)8-18-2/h3-7H,8H2,1-2H3,(H,15,16,17). The Bertz CT molecular complexity index is 525. The van der Waals surface area contributed by atoms with Crippen molar-refractivity contribution in [3.63, 3.8) is 0 Å². The summed E-state index contributed by atoms with van der Waals surface area (Å²) in [7, 11) is 1.67. The molecular formula is C13H14ClN3O. The summed E-state index contributed by atoms with van der Waals surface area (Å²) >= 11 is 5.83. The van der Waals surface area contributed by atoms with Crippen LogP contribution in [0.2, 0.25) is 5.28 Å². The third-order valence-electron chi connectivity index (χ3n) is 2.41. The van der Waals surface area contributed by atoms with Gasteiger partial charge in [0, 0.05) is 30.1 Å². The molecule has 2 rings (SSSR count). The highest BCUT2D eigenvalue weighted by Gasteiger charge is 2.04. The summed E-state index contributed by atoms with van der Waals surface area (Å²) < 4.78 is 5.15. The molecule has 0 aliphatic heterocycles. The van der Waals surface area contributed by atoms with Gasteiger partial charge >= 0.3 is 0 Å². The van der Waals surface area contributed by atoms with Gasteiger partial charge in [-0.1, -0.05) is 18.2 Å². The molecule has 0 spiro atoms. The van der Waals surface area contributed by atoms with Crippen LogP contribution in [-0.2, 0) is 11.3 Å². The zero-order valence-electron chi connectivity index (χ0n) is 10.3. The minimum Gasteiger partial charge on any atom is -0.380 e. The summed E-state index contributed by atoms with van der Waals surface area (Å²) in [5.41, 5.74) is 2.84. The highest BCUT2D eigenvalue weighted by atomic mass is 35.5.